The highest BCUT2D eigenvalue weighted by Crippen LogP contribution is 2.60. The van der Waals surface area contributed by atoms with E-state index in [-0.39, 0.29) is 18.7 Å². The number of phosphoric ester groups is 2. The van der Waals surface area contributed by atoms with Gasteiger partial charge >= 0.3 is 33.3 Å². The summed E-state index contributed by atoms with van der Waals surface area (Å²) < 4.78 is 57.1. The molecule has 2 heterocycles. The van der Waals surface area contributed by atoms with Crippen LogP contribution in [0.15, 0.2) is 17.1 Å². The van der Waals surface area contributed by atoms with Gasteiger partial charge in [-0.1, -0.05) is 240 Å². The number of aromatic nitrogens is 2. The number of hydrogen-bond donors (Lipinski definition) is 5. The highest BCUT2D eigenvalue weighted by atomic mass is 31.3. The molecule has 0 radical (unpaired) electrons. The number of anilines is 1. The largest absolute Gasteiger partial charge is 0.481 e. The van der Waals surface area contributed by atoms with Crippen LogP contribution < -0.4 is 11.4 Å². The third kappa shape index (κ3) is 36.7. The van der Waals surface area contributed by atoms with Gasteiger partial charge in [0.1, 0.15) is 30.7 Å². The summed E-state index contributed by atoms with van der Waals surface area (Å²) in [7, 11) is -10.8. The van der Waals surface area contributed by atoms with Crippen LogP contribution in [0, 0.1) is 11.8 Å². The van der Waals surface area contributed by atoms with Crippen LogP contribution in [0.25, 0.3) is 0 Å². The number of ether oxygens (including phenoxy) is 3. The molecule has 77 heavy (non-hydrogen) atoms. The average molecular weight is 1140 g/mol. The number of unbranched alkanes of at least 4 members (excludes halogenated alkanes) is 30. The van der Waals surface area contributed by atoms with Gasteiger partial charge in [0.2, 0.25) is 0 Å². The van der Waals surface area contributed by atoms with Gasteiger partial charge in [-0.05, 0) is 30.7 Å². The van der Waals surface area contributed by atoms with E-state index in [4.69, 9.17) is 29.0 Å². The Hall–Kier alpha value is -2.24. The quantitative estimate of drug-likeness (QED) is 0.0231. The van der Waals surface area contributed by atoms with Crippen molar-refractivity contribution in [1.82, 2.24) is 9.55 Å². The van der Waals surface area contributed by atoms with Gasteiger partial charge in [-0.2, -0.15) is 9.29 Å². The van der Waals surface area contributed by atoms with Crippen molar-refractivity contribution in [3.8, 4) is 0 Å². The minimum Gasteiger partial charge on any atom is -0.462 e. The van der Waals surface area contributed by atoms with E-state index >= 15 is 0 Å². The molecule has 1 fully saturated rings. The lowest BCUT2D eigenvalue weighted by atomic mass is 9.99. The molecule has 0 spiro atoms. The van der Waals surface area contributed by atoms with Crippen molar-refractivity contribution in [1.29, 1.82) is 0 Å². The minimum absolute atomic E-state index is 0.0577. The summed E-state index contributed by atoms with van der Waals surface area (Å²) in [5, 5.41) is 21.0. The number of rotatable bonds is 51. The van der Waals surface area contributed by atoms with Gasteiger partial charge < -0.3 is 39.9 Å². The van der Waals surface area contributed by atoms with E-state index in [1.807, 2.05) is 0 Å². The molecule has 1 aliphatic rings. The van der Waals surface area contributed by atoms with E-state index in [2.05, 4.69) is 37.0 Å². The number of carbonyl (C=O) groups is 2. The van der Waals surface area contributed by atoms with E-state index in [1.165, 1.54) is 179 Å². The predicted octanol–water partition coefficient (Wildman–Crippen LogP) is 13.9. The van der Waals surface area contributed by atoms with Crippen LogP contribution in [0.5, 0.6) is 0 Å². The zero-order valence-electron chi connectivity index (χ0n) is 48.1. The maximum absolute atomic E-state index is 12.9. The molecule has 2 rings (SSSR count). The second kappa shape index (κ2) is 43.5. The first-order valence-corrected chi connectivity index (χ1v) is 33.3. The molecule has 0 bridgehead atoms. The SMILES string of the molecule is CCC(C)CCCCCCCCCCCCCCCCC(=O)O[C@H](COC(=O)CCCCCCCCCCCCCCCCCCCCC(C)C)COP(=O)(O)OP(=O)(O)OC[C@H]1O[C@@H](n2ccc(N)nc2=O)C(O)[C@H]1O. The number of nitrogens with zero attached hydrogens (tertiary/aromatic N) is 2. The van der Waals surface area contributed by atoms with Crippen LogP contribution in [0.3, 0.4) is 0 Å². The van der Waals surface area contributed by atoms with Gasteiger partial charge in [0, 0.05) is 19.0 Å². The van der Waals surface area contributed by atoms with Crippen molar-refractivity contribution in [3.05, 3.63) is 22.7 Å². The molecule has 0 amide bonds. The van der Waals surface area contributed by atoms with Crippen LogP contribution in [0.4, 0.5) is 5.82 Å². The Balaban J connectivity index is 1.72. The zero-order valence-corrected chi connectivity index (χ0v) is 49.9. The van der Waals surface area contributed by atoms with Crippen LogP contribution in [0.1, 0.15) is 271 Å². The average Bonchev–Trinajstić information content (AvgIpc) is 3.66. The smallest absolute Gasteiger partial charge is 0.462 e. The lowest BCUT2D eigenvalue weighted by Crippen LogP contribution is -2.36. The minimum atomic E-state index is -5.42. The molecule has 450 valence electrons. The van der Waals surface area contributed by atoms with Gasteiger partial charge in [-0.25, -0.2) is 13.9 Å². The molecule has 20 heteroatoms. The molecule has 1 aliphatic heterocycles. The number of nitrogen functional groups attached to an aromatic ring is 1. The molecule has 1 aromatic heterocycles. The summed E-state index contributed by atoms with van der Waals surface area (Å²) >= 11 is 0. The molecule has 1 saturated heterocycles. The van der Waals surface area contributed by atoms with Gasteiger partial charge in [-0.3, -0.25) is 23.2 Å². The van der Waals surface area contributed by atoms with E-state index in [0.29, 0.717) is 12.8 Å². The van der Waals surface area contributed by atoms with Crippen molar-refractivity contribution >= 4 is 33.4 Å². The van der Waals surface area contributed by atoms with E-state index in [9.17, 15) is 43.5 Å². The summed E-state index contributed by atoms with van der Waals surface area (Å²) in [5.74, 6) is 0.398. The zero-order chi connectivity index (χ0) is 56.6. The fraction of sp³-hybridized carbons (Fsp3) is 0.895. The fourth-order valence-corrected chi connectivity index (χ4v) is 11.7. The summed E-state index contributed by atoms with van der Waals surface area (Å²) in [5.41, 5.74) is 4.61. The van der Waals surface area contributed by atoms with Crippen molar-refractivity contribution in [2.24, 2.45) is 11.8 Å². The van der Waals surface area contributed by atoms with Crippen molar-refractivity contribution in [2.45, 2.75) is 296 Å². The topological polar surface area (TPSA) is 265 Å². The Morgan fingerprint density at radius 2 is 1.04 bits per heavy atom. The maximum atomic E-state index is 12.9. The van der Waals surface area contributed by atoms with Gasteiger partial charge in [0.05, 0.1) is 13.2 Å². The molecule has 18 nitrogen and oxygen atoms in total. The Bertz CT molecular complexity index is 1820. The summed E-state index contributed by atoms with van der Waals surface area (Å²) in [6.45, 7) is 6.93. The molecule has 1 aromatic rings. The maximum Gasteiger partial charge on any atom is 0.481 e. The molecule has 6 N–H and O–H groups in total. The van der Waals surface area contributed by atoms with E-state index in [0.717, 1.165) is 61.3 Å². The highest BCUT2D eigenvalue weighted by molar-refractivity contribution is 7.61. The first kappa shape index (κ1) is 70.9. The Kier molecular flexibility index (Phi) is 40.0. The fourth-order valence-electron chi connectivity index (χ4n) is 9.60. The normalized spacial score (nSPS) is 19.0. The molecule has 0 aliphatic carbocycles. The van der Waals surface area contributed by atoms with Crippen molar-refractivity contribution in [3.63, 3.8) is 0 Å². The molecule has 0 saturated carbocycles. The van der Waals surface area contributed by atoms with Crippen LogP contribution >= 0.6 is 15.6 Å². The van der Waals surface area contributed by atoms with Gasteiger partial charge in [-0.15, -0.1) is 0 Å². The number of aliphatic hydroxyl groups is 2. The third-order valence-corrected chi connectivity index (χ3v) is 17.3. The monoisotopic (exact) mass is 1140 g/mol. The number of esters is 2. The molecule has 0 aromatic carbocycles. The van der Waals surface area contributed by atoms with E-state index < -0.39 is 83.7 Å². The van der Waals surface area contributed by atoms with Gasteiger partial charge in [0.15, 0.2) is 12.3 Å². The summed E-state index contributed by atoms with van der Waals surface area (Å²) in [4.78, 5) is 62.2. The molecular weight excluding hydrogens is 1030 g/mol. The number of aliphatic hydroxyl groups excluding tert-OH is 2. The van der Waals surface area contributed by atoms with Crippen LogP contribution in [0.2, 0.25) is 0 Å². The second-order valence-corrected chi connectivity index (χ2v) is 25.3. The highest BCUT2D eigenvalue weighted by Gasteiger charge is 2.46. The number of phosphoric acid groups is 2. The van der Waals surface area contributed by atoms with Crippen molar-refractivity contribution in [2.75, 3.05) is 25.6 Å². The lowest BCUT2D eigenvalue weighted by Gasteiger charge is -2.21. The Morgan fingerprint density at radius 1 is 0.623 bits per heavy atom. The van der Waals surface area contributed by atoms with Crippen LogP contribution in [-0.4, -0.2) is 85.7 Å². The Labute approximate surface area is 463 Å². The standard InChI is InChI=1S/C57H107N3O15P2/c1-5-48(4)39-35-31-27-23-19-15-12-13-17-21-25-29-33-37-41-53(62)73-49(44-70-52(61)40-36-32-28-24-20-16-11-9-7-6-8-10-14-18-22-26-30-34-38-47(2)3)45-71-76(66,67)75-77(68,69)72-46-50-54(63)55(64)56(74-50)60-43-42-51(58)59-57(60)65/h42-43,47-50,54-56,63-64H,5-41,44-46H2,1-4H3,(H,66,67)(H,68,69)(H2,58,59,65)/t48?,49-,50-,54+,55?,56-/m1/s1. The van der Waals surface area contributed by atoms with Gasteiger partial charge in [0.25, 0.3) is 0 Å². The van der Waals surface area contributed by atoms with Crippen molar-refractivity contribution < 1.29 is 66.3 Å². The Morgan fingerprint density at radius 3 is 1.48 bits per heavy atom. The summed E-state index contributed by atoms with van der Waals surface area (Å²) in [6.07, 6.45) is 35.9. The summed E-state index contributed by atoms with van der Waals surface area (Å²) in [6, 6.07) is 1.25. The first-order valence-electron chi connectivity index (χ1n) is 30.3. The molecule has 4 unspecified atom stereocenters. The first-order chi connectivity index (χ1) is 36.9. The number of carbonyl (C=O) groups excluding carboxylic acids is 2. The van der Waals surface area contributed by atoms with E-state index in [1.54, 1.807) is 0 Å². The predicted molar refractivity (Wildman–Crippen MR) is 303 cm³/mol. The number of nitrogens with two attached hydrogens (primary N) is 1. The molecular formula is C57H107N3O15P2. The second-order valence-electron chi connectivity index (χ2n) is 22.3. The lowest BCUT2D eigenvalue weighted by molar-refractivity contribution is -0.161. The number of hydrogen-bond acceptors (Lipinski definition) is 15. The molecule has 8 atom stereocenters. The third-order valence-electron chi connectivity index (χ3n) is 14.7. The van der Waals surface area contributed by atoms with Crippen LogP contribution in [-0.2, 0) is 46.3 Å².